The molecular weight excluding hydrogens is 359 g/mol. The molecule has 1 fully saturated rings. The van der Waals surface area contributed by atoms with Gasteiger partial charge >= 0.3 is 0 Å². The third-order valence-electron chi connectivity index (χ3n) is 4.27. The molecule has 25 heavy (non-hydrogen) atoms. The lowest BCUT2D eigenvalue weighted by molar-refractivity contribution is -0.121. The number of nitrogens with one attached hydrogen (secondary N) is 1. The topological polar surface area (TPSA) is 49.4 Å². The second-order valence-electron chi connectivity index (χ2n) is 6.34. The van der Waals surface area contributed by atoms with Crippen molar-refractivity contribution in [3.05, 3.63) is 57.1 Å². The second kappa shape index (κ2) is 6.70. The number of amides is 2. The molecule has 0 bridgehead atoms. The van der Waals surface area contributed by atoms with Gasteiger partial charge in [-0.05, 0) is 50.1 Å². The molecule has 0 radical (unpaired) electrons. The monoisotopic (exact) mass is 376 g/mol. The summed E-state index contributed by atoms with van der Waals surface area (Å²) >= 11 is 11.9. The molecule has 2 aromatic carbocycles. The van der Waals surface area contributed by atoms with Gasteiger partial charge in [0.15, 0.2) is 0 Å². The highest BCUT2D eigenvalue weighted by Gasteiger charge is 2.40. The Kier molecular flexibility index (Phi) is 4.76. The molecule has 3 rings (SSSR count). The van der Waals surface area contributed by atoms with Crippen LogP contribution in [0, 0.1) is 20.8 Å². The van der Waals surface area contributed by atoms with Gasteiger partial charge in [0.25, 0.3) is 5.91 Å². The molecule has 6 heteroatoms. The average molecular weight is 377 g/mol. The van der Waals surface area contributed by atoms with E-state index in [0.29, 0.717) is 21.4 Å². The van der Waals surface area contributed by atoms with Gasteiger partial charge in [0.1, 0.15) is 6.04 Å². The van der Waals surface area contributed by atoms with E-state index in [1.807, 2.05) is 32.9 Å². The van der Waals surface area contributed by atoms with Gasteiger partial charge in [-0.2, -0.15) is 0 Å². The van der Waals surface area contributed by atoms with Crippen LogP contribution in [0.1, 0.15) is 23.1 Å². The van der Waals surface area contributed by atoms with Crippen LogP contribution in [0.2, 0.25) is 10.0 Å². The molecular formula is C19H18Cl2N2O2. The van der Waals surface area contributed by atoms with Crippen LogP contribution in [0.3, 0.4) is 0 Å². The zero-order valence-electron chi connectivity index (χ0n) is 14.2. The van der Waals surface area contributed by atoms with E-state index in [2.05, 4.69) is 5.32 Å². The van der Waals surface area contributed by atoms with Crippen molar-refractivity contribution >= 4 is 46.4 Å². The van der Waals surface area contributed by atoms with Gasteiger partial charge in [-0.3, -0.25) is 9.59 Å². The number of imide groups is 1. The summed E-state index contributed by atoms with van der Waals surface area (Å²) in [4.78, 5) is 26.7. The summed E-state index contributed by atoms with van der Waals surface area (Å²) in [5.41, 5.74) is 4.26. The number of anilines is 2. The fraction of sp³-hybridized carbons (Fsp3) is 0.263. The van der Waals surface area contributed by atoms with Crippen molar-refractivity contribution in [1.82, 2.24) is 0 Å². The first kappa shape index (κ1) is 17.8. The van der Waals surface area contributed by atoms with Crippen LogP contribution < -0.4 is 10.2 Å². The van der Waals surface area contributed by atoms with Crippen LogP contribution in [-0.2, 0) is 9.59 Å². The molecule has 0 aliphatic carbocycles. The standard InChI is InChI=1S/C19H18Cl2N2O2/c1-10-6-11(2)18(12(3)7-10)23-17(24)9-16(19(23)25)22-13-4-5-14(20)15(21)8-13/h4-8,16,22H,9H2,1-3H3/t16-/m0/s1. The Labute approximate surface area is 156 Å². The van der Waals surface area contributed by atoms with Crippen molar-refractivity contribution in [2.45, 2.75) is 33.2 Å². The molecule has 0 spiro atoms. The highest BCUT2D eigenvalue weighted by atomic mass is 35.5. The molecule has 0 unspecified atom stereocenters. The van der Waals surface area contributed by atoms with Crippen LogP contribution in [0.25, 0.3) is 0 Å². The van der Waals surface area contributed by atoms with Gasteiger partial charge < -0.3 is 5.32 Å². The van der Waals surface area contributed by atoms with Crippen LogP contribution in [0.5, 0.6) is 0 Å². The first-order valence-corrected chi connectivity index (χ1v) is 8.69. The predicted octanol–water partition coefficient (Wildman–Crippen LogP) is 4.66. The number of aryl methyl sites for hydroxylation is 3. The Morgan fingerprint density at radius 2 is 1.64 bits per heavy atom. The third kappa shape index (κ3) is 3.37. The minimum atomic E-state index is -0.621. The van der Waals surface area contributed by atoms with Gasteiger partial charge in [0.05, 0.1) is 22.2 Å². The number of rotatable bonds is 3. The molecule has 1 saturated heterocycles. The molecule has 1 aliphatic rings. The quantitative estimate of drug-likeness (QED) is 0.792. The highest BCUT2D eigenvalue weighted by molar-refractivity contribution is 6.42. The molecule has 1 atom stereocenters. The van der Waals surface area contributed by atoms with Gasteiger partial charge in [-0.25, -0.2) is 4.90 Å². The number of hydrogen-bond acceptors (Lipinski definition) is 3. The Morgan fingerprint density at radius 1 is 1.00 bits per heavy atom. The minimum Gasteiger partial charge on any atom is -0.373 e. The number of nitrogens with zero attached hydrogens (tertiary/aromatic N) is 1. The SMILES string of the molecule is Cc1cc(C)c(N2C(=O)C[C@H](Nc3ccc(Cl)c(Cl)c3)C2=O)c(C)c1. The van der Waals surface area contributed by atoms with Gasteiger partial charge in [0, 0.05) is 5.69 Å². The molecule has 130 valence electrons. The summed E-state index contributed by atoms with van der Waals surface area (Å²) in [6.45, 7) is 5.82. The molecule has 2 aromatic rings. The number of hydrogen-bond donors (Lipinski definition) is 1. The van der Waals surface area contributed by atoms with Crippen LogP contribution in [-0.4, -0.2) is 17.9 Å². The maximum absolute atomic E-state index is 12.8. The summed E-state index contributed by atoms with van der Waals surface area (Å²) < 4.78 is 0. The van der Waals surface area contributed by atoms with E-state index < -0.39 is 6.04 Å². The Bertz CT molecular complexity index is 857. The summed E-state index contributed by atoms with van der Waals surface area (Å²) in [5, 5.41) is 3.92. The zero-order valence-corrected chi connectivity index (χ0v) is 15.7. The van der Waals surface area contributed by atoms with E-state index >= 15 is 0 Å². The van der Waals surface area contributed by atoms with E-state index in [9.17, 15) is 9.59 Å². The average Bonchev–Trinajstić information content (AvgIpc) is 2.78. The zero-order chi connectivity index (χ0) is 18.3. The van der Waals surface area contributed by atoms with Crippen molar-refractivity contribution in [3.8, 4) is 0 Å². The lowest BCUT2D eigenvalue weighted by atomic mass is 10.0. The molecule has 4 nitrogen and oxygen atoms in total. The predicted molar refractivity (Wildman–Crippen MR) is 102 cm³/mol. The molecule has 1 N–H and O–H groups in total. The van der Waals surface area contributed by atoms with Crippen molar-refractivity contribution in [1.29, 1.82) is 0 Å². The van der Waals surface area contributed by atoms with Crippen LogP contribution >= 0.6 is 23.2 Å². The van der Waals surface area contributed by atoms with E-state index in [-0.39, 0.29) is 18.2 Å². The van der Waals surface area contributed by atoms with E-state index in [1.165, 1.54) is 4.90 Å². The number of benzene rings is 2. The molecule has 1 aliphatic heterocycles. The Balaban J connectivity index is 1.89. The fourth-order valence-corrected chi connectivity index (χ4v) is 3.59. The number of carbonyl (C=O) groups excluding carboxylic acids is 2. The fourth-order valence-electron chi connectivity index (χ4n) is 3.29. The number of halogens is 2. The smallest absolute Gasteiger partial charge is 0.256 e. The normalized spacial score (nSPS) is 17.3. The summed E-state index contributed by atoms with van der Waals surface area (Å²) in [6.07, 6.45) is 0.103. The Morgan fingerprint density at radius 3 is 2.24 bits per heavy atom. The lowest BCUT2D eigenvalue weighted by Crippen LogP contribution is -2.35. The van der Waals surface area contributed by atoms with Crippen molar-refractivity contribution in [3.63, 3.8) is 0 Å². The van der Waals surface area contributed by atoms with Crippen molar-refractivity contribution < 1.29 is 9.59 Å². The van der Waals surface area contributed by atoms with Crippen molar-refractivity contribution in [2.24, 2.45) is 0 Å². The van der Waals surface area contributed by atoms with Gasteiger partial charge in [0.2, 0.25) is 5.91 Å². The first-order valence-electron chi connectivity index (χ1n) is 7.94. The van der Waals surface area contributed by atoms with Crippen molar-refractivity contribution in [2.75, 3.05) is 10.2 Å². The van der Waals surface area contributed by atoms with E-state index in [4.69, 9.17) is 23.2 Å². The summed E-state index contributed by atoms with van der Waals surface area (Å²) in [7, 11) is 0. The molecule has 2 amide bonds. The highest BCUT2D eigenvalue weighted by Crippen LogP contribution is 2.32. The third-order valence-corrected chi connectivity index (χ3v) is 5.01. The van der Waals surface area contributed by atoms with E-state index in [1.54, 1.807) is 18.2 Å². The number of carbonyl (C=O) groups is 2. The maximum Gasteiger partial charge on any atom is 0.256 e. The summed E-state index contributed by atoms with van der Waals surface area (Å²) in [5.74, 6) is -0.469. The second-order valence-corrected chi connectivity index (χ2v) is 7.16. The largest absolute Gasteiger partial charge is 0.373 e. The van der Waals surface area contributed by atoms with Gasteiger partial charge in [-0.15, -0.1) is 0 Å². The molecule has 1 heterocycles. The first-order chi connectivity index (χ1) is 11.8. The molecule has 0 saturated carbocycles. The van der Waals surface area contributed by atoms with Crippen LogP contribution in [0.4, 0.5) is 11.4 Å². The van der Waals surface area contributed by atoms with E-state index in [0.717, 1.165) is 16.7 Å². The molecule has 0 aromatic heterocycles. The summed E-state index contributed by atoms with van der Waals surface area (Å²) in [6, 6.07) is 8.36. The van der Waals surface area contributed by atoms with Gasteiger partial charge in [-0.1, -0.05) is 40.9 Å². The minimum absolute atomic E-state index is 0.103. The Hall–Kier alpha value is -2.04. The lowest BCUT2D eigenvalue weighted by Gasteiger charge is -2.21. The maximum atomic E-state index is 12.8. The van der Waals surface area contributed by atoms with Crippen LogP contribution in [0.15, 0.2) is 30.3 Å².